The average molecular weight is 217 g/mol. The highest BCUT2D eigenvalue weighted by Gasteiger charge is 1.99. The summed E-state index contributed by atoms with van der Waals surface area (Å²) in [5, 5.41) is 11.0. The van der Waals surface area contributed by atoms with Crippen molar-refractivity contribution in [1.82, 2.24) is 5.32 Å². The number of rotatable bonds is 10. The van der Waals surface area contributed by atoms with Gasteiger partial charge in [0.2, 0.25) is 5.91 Å². The lowest BCUT2D eigenvalue weighted by molar-refractivity contribution is -0.122. The summed E-state index contributed by atoms with van der Waals surface area (Å²) in [5.41, 5.74) is 0. The van der Waals surface area contributed by atoms with E-state index in [0.717, 1.165) is 13.0 Å². The maximum Gasteiger partial charge on any atom is 0.222 e. The Morgan fingerprint density at radius 3 is 2.73 bits per heavy atom. The molecule has 0 aromatic heterocycles. The number of aliphatic hydroxyl groups excluding tert-OH is 1. The molecule has 0 aliphatic carbocycles. The van der Waals surface area contributed by atoms with Gasteiger partial charge in [-0.3, -0.25) is 4.79 Å². The van der Waals surface area contributed by atoms with Crippen LogP contribution < -0.4 is 5.32 Å². The van der Waals surface area contributed by atoms with Gasteiger partial charge in [-0.25, -0.2) is 0 Å². The number of carbonyl (C=O) groups excluding carboxylic acids is 1. The highest BCUT2D eigenvalue weighted by molar-refractivity contribution is 5.75. The third kappa shape index (κ3) is 11.3. The van der Waals surface area contributed by atoms with Gasteiger partial charge in [-0.1, -0.05) is 26.2 Å². The van der Waals surface area contributed by atoms with Gasteiger partial charge in [0.25, 0.3) is 0 Å². The Hall–Kier alpha value is -0.610. The van der Waals surface area contributed by atoms with Crippen molar-refractivity contribution in [2.45, 2.75) is 39.0 Å². The molecular formula is C11H23NO3. The zero-order valence-corrected chi connectivity index (χ0v) is 9.63. The van der Waals surface area contributed by atoms with Crippen LogP contribution >= 0.6 is 0 Å². The van der Waals surface area contributed by atoms with Crippen LogP contribution in [0.2, 0.25) is 0 Å². The van der Waals surface area contributed by atoms with E-state index in [1.165, 1.54) is 19.3 Å². The molecule has 0 radical (unpaired) electrons. The number of unbranched alkanes of at least 4 members (excludes halogenated alkanes) is 3. The van der Waals surface area contributed by atoms with Gasteiger partial charge >= 0.3 is 0 Å². The van der Waals surface area contributed by atoms with E-state index in [1.54, 1.807) is 0 Å². The number of aliphatic hydroxyl groups is 1. The Balaban J connectivity index is 3.06. The van der Waals surface area contributed by atoms with Crippen molar-refractivity contribution >= 4 is 5.91 Å². The van der Waals surface area contributed by atoms with Crippen LogP contribution in [0.1, 0.15) is 39.0 Å². The Labute approximate surface area is 92.0 Å². The van der Waals surface area contributed by atoms with Gasteiger partial charge in [-0.05, 0) is 6.42 Å². The summed E-state index contributed by atoms with van der Waals surface area (Å²) in [4.78, 5) is 11.0. The predicted octanol–water partition coefficient (Wildman–Crippen LogP) is 1.08. The van der Waals surface area contributed by atoms with E-state index in [2.05, 4.69) is 12.2 Å². The Bertz CT molecular complexity index is 151. The third-order valence-electron chi connectivity index (χ3n) is 2.05. The van der Waals surface area contributed by atoms with Crippen molar-refractivity contribution in [1.29, 1.82) is 0 Å². The van der Waals surface area contributed by atoms with Gasteiger partial charge in [0.15, 0.2) is 0 Å². The summed E-state index contributed by atoms with van der Waals surface area (Å²) < 4.78 is 5.31. The second-order valence-corrected chi connectivity index (χ2v) is 3.50. The molecule has 0 spiro atoms. The highest BCUT2D eigenvalue weighted by Crippen LogP contribution is 1.98. The van der Waals surface area contributed by atoms with Gasteiger partial charge in [-0.2, -0.15) is 0 Å². The zero-order chi connectivity index (χ0) is 11.4. The summed E-state index contributed by atoms with van der Waals surface area (Å²) in [5.74, 6) is -0.0578. The normalized spacial score (nSPS) is 10.3. The van der Waals surface area contributed by atoms with E-state index in [4.69, 9.17) is 9.84 Å². The number of hydrogen-bond donors (Lipinski definition) is 2. The minimum atomic E-state index is -0.0578. The molecule has 1 amide bonds. The van der Waals surface area contributed by atoms with Crippen LogP contribution in [-0.4, -0.2) is 37.4 Å². The van der Waals surface area contributed by atoms with Crippen LogP contribution in [0.3, 0.4) is 0 Å². The highest BCUT2D eigenvalue weighted by atomic mass is 16.5. The van der Waals surface area contributed by atoms with E-state index < -0.39 is 0 Å². The van der Waals surface area contributed by atoms with E-state index in [-0.39, 0.29) is 12.5 Å². The maximum atomic E-state index is 11.0. The monoisotopic (exact) mass is 217 g/mol. The molecule has 0 rings (SSSR count). The van der Waals surface area contributed by atoms with Crippen LogP contribution in [0, 0.1) is 0 Å². The molecule has 4 nitrogen and oxygen atoms in total. The lowest BCUT2D eigenvalue weighted by atomic mass is 10.2. The summed E-state index contributed by atoms with van der Waals surface area (Å²) in [7, 11) is 0. The molecule has 15 heavy (non-hydrogen) atoms. The van der Waals surface area contributed by atoms with Crippen LogP contribution in [0.4, 0.5) is 0 Å². The molecule has 0 aromatic carbocycles. The smallest absolute Gasteiger partial charge is 0.222 e. The number of carbonyl (C=O) groups is 1. The SMILES string of the molecule is CCCCCCOCCC(=O)NCCO. The minimum Gasteiger partial charge on any atom is -0.395 e. The van der Waals surface area contributed by atoms with Crippen molar-refractivity contribution in [3.63, 3.8) is 0 Å². The molecule has 0 bridgehead atoms. The second-order valence-electron chi connectivity index (χ2n) is 3.50. The van der Waals surface area contributed by atoms with E-state index in [1.807, 2.05) is 0 Å². The maximum absolute atomic E-state index is 11.0. The number of hydrogen-bond acceptors (Lipinski definition) is 3. The first-order chi connectivity index (χ1) is 7.31. The fourth-order valence-electron chi connectivity index (χ4n) is 1.18. The number of amides is 1. The molecule has 0 heterocycles. The van der Waals surface area contributed by atoms with Crippen molar-refractivity contribution in [3.05, 3.63) is 0 Å². The van der Waals surface area contributed by atoms with Gasteiger partial charge < -0.3 is 15.2 Å². The summed E-state index contributed by atoms with van der Waals surface area (Å²) >= 11 is 0. The van der Waals surface area contributed by atoms with Crippen LogP contribution in [0.15, 0.2) is 0 Å². The molecule has 4 heteroatoms. The Kier molecular flexibility index (Phi) is 11.0. The molecule has 0 saturated carbocycles. The number of nitrogens with one attached hydrogen (secondary N) is 1. The molecule has 0 aromatic rings. The van der Waals surface area contributed by atoms with E-state index >= 15 is 0 Å². The van der Waals surface area contributed by atoms with Crippen molar-refractivity contribution < 1.29 is 14.6 Å². The molecule has 0 aliphatic rings. The van der Waals surface area contributed by atoms with E-state index in [9.17, 15) is 4.79 Å². The van der Waals surface area contributed by atoms with Gasteiger partial charge in [0, 0.05) is 19.6 Å². The van der Waals surface area contributed by atoms with Crippen molar-refractivity contribution in [2.75, 3.05) is 26.4 Å². The van der Waals surface area contributed by atoms with Gasteiger partial charge in [0.1, 0.15) is 0 Å². The molecule has 0 saturated heterocycles. The van der Waals surface area contributed by atoms with Crippen LogP contribution in [-0.2, 0) is 9.53 Å². The fraction of sp³-hybridized carbons (Fsp3) is 0.909. The lowest BCUT2D eigenvalue weighted by Crippen LogP contribution is -2.27. The third-order valence-corrected chi connectivity index (χ3v) is 2.05. The fourth-order valence-corrected chi connectivity index (χ4v) is 1.18. The van der Waals surface area contributed by atoms with Crippen molar-refractivity contribution in [2.24, 2.45) is 0 Å². The number of ether oxygens (including phenoxy) is 1. The molecule has 2 N–H and O–H groups in total. The first-order valence-corrected chi connectivity index (χ1v) is 5.76. The van der Waals surface area contributed by atoms with Crippen LogP contribution in [0.25, 0.3) is 0 Å². The van der Waals surface area contributed by atoms with Gasteiger partial charge in [0.05, 0.1) is 13.2 Å². The molecular weight excluding hydrogens is 194 g/mol. The average Bonchev–Trinajstić information content (AvgIpc) is 2.25. The summed E-state index contributed by atoms with van der Waals surface area (Å²) in [6, 6.07) is 0. The largest absolute Gasteiger partial charge is 0.395 e. The summed E-state index contributed by atoms with van der Waals surface area (Å²) in [6.45, 7) is 3.71. The first kappa shape index (κ1) is 14.4. The molecule has 0 unspecified atom stereocenters. The zero-order valence-electron chi connectivity index (χ0n) is 9.63. The molecule has 0 aliphatic heterocycles. The molecule has 90 valence electrons. The Morgan fingerprint density at radius 2 is 2.07 bits per heavy atom. The minimum absolute atomic E-state index is 0.0103. The van der Waals surface area contributed by atoms with Gasteiger partial charge in [-0.15, -0.1) is 0 Å². The summed E-state index contributed by atoms with van der Waals surface area (Å²) in [6.07, 6.45) is 5.14. The molecule has 0 atom stereocenters. The predicted molar refractivity (Wildman–Crippen MR) is 59.7 cm³/mol. The lowest BCUT2D eigenvalue weighted by Gasteiger charge is -2.04. The second kappa shape index (κ2) is 11.5. The Morgan fingerprint density at radius 1 is 1.27 bits per heavy atom. The standard InChI is InChI=1S/C11H23NO3/c1-2-3-4-5-9-15-10-6-11(14)12-7-8-13/h13H,2-10H2,1H3,(H,12,14). The van der Waals surface area contributed by atoms with Crippen molar-refractivity contribution in [3.8, 4) is 0 Å². The van der Waals surface area contributed by atoms with Crippen LogP contribution in [0.5, 0.6) is 0 Å². The topological polar surface area (TPSA) is 58.6 Å². The first-order valence-electron chi connectivity index (χ1n) is 5.76. The van der Waals surface area contributed by atoms with E-state index in [0.29, 0.717) is 19.6 Å². The quantitative estimate of drug-likeness (QED) is 0.538. The molecule has 0 fully saturated rings.